The molecule has 0 bridgehead atoms. The molecule has 0 radical (unpaired) electrons. The van der Waals surface area contributed by atoms with Crippen LogP contribution in [0.1, 0.15) is 24.1 Å². The van der Waals surface area contributed by atoms with Gasteiger partial charge in [-0.3, -0.25) is 0 Å². The average molecular weight is 339 g/mol. The van der Waals surface area contributed by atoms with Gasteiger partial charge in [0.2, 0.25) is 10.0 Å². The van der Waals surface area contributed by atoms with Crippen molar-refractivity contribution in [1.82, 2.24) is 4.31 Å². The third-order valence-electron chi connectivity index (χ3n) is 4.11. The fourth-order valence-corrected chi connectivity index (χ4v) is 4.47. The molecular formula is C16H15F2NO3S. The Hall–Kier alpha value is -1.99. The monoisotopic (exact) mass is 339 g/mol. The molecule has 7 heteroatoms. The molecule has 0 spiro atoms. The van der Waals surface area contributed by atoms with Crippen molar-refractivity contribution in [2.24, 2.45) is 0 Å². The van der Waals surface area contributed by atoms with Gasteiger partial charge in [-0.25, -0.2) is 17.2 Å². The van der Waals surface area contributed by atoms with Crippen LogP contribution in [0.25, 0.3) is 0 Å². The number of benzene rings is 2. The Morgan fingerprint density at radius 2 is 1.74 bits per heavy atom. The molecule has 23 heavy (non-hydrogen) atoms. The van der Waals surface area contributed by atoms with Gasteiger partial charge in [0.1, 0.15) is 23.1 Å². The van der Waals surface area contributed by atoms with Crippen molar-refractivity contribution in [2.45, 2.75) is 24.8 Å². The van der Waals surface area contributed by atoms with Gasteiger partial charge in [0, 0.05) is 31.3 Å². The molecule has 1 atom stereocenters. The van der Waals surface area contributed by atoms with Crippen LogP contribution in [0.15, 0.2) is 35.2 Å². The topological polar surface area (TPSA) is 46.6 Å². The summed E-state index contributed by atoms with van der Waals surface area (Å²) >= 11 is 0. The van der Waals surface area contributed by atoms with Gasteiger partial charge >= 0.3 is 0 Å². The summed E-state index contributed by atoms with van der Waals surface area (Å²) in [6.07, 6.45) is 0. The Labute approximate surface area is 133 Å². The van der Waals surface area contributed by atoms with E-state index in [2.05, 4.69) is 0 Å². The number of fused-ring (bicyclic) bond motifs is 1. The van der Waals surface area contributed by atoms with Gasteiger partial charge in [-0.1, -0.05) is 0 Å². The Balaban J connectivity index is 2.08. The van der Waals surface area contributed by atoms with Crippen LogP contribution in [0.3, 0.4) is 0 Å². The molecule has 3 rings (SSSR count). The molecule has 0 fully saturated rings. The third kappa shape index (κ3) is 2.49. The van der Waals surface area contributed by atoms with Crippen LogP contribution < -0.4 is 4.74 Å². The van der Waals surface area contributed by atoms with Gasteiger partial charge in [-0.15, -0.1) is 0 Å². The summed E-state index contributed by atoms with van der Waals surface area (Å²) < 4.78 is 57.9. The summed E-state index contributed by atoms with van der Waals surface area (Å²) in [6, 6.07) is 5.53. The first-order valence-electron chi connectivity index (χ1n) is 6.97. The molecule has 0 aromatic heterocycles. The minimum absolute atomic E-state index is 0.0208. The lowest BCUT2D eigenvalue weighted by Crippen LogP contribution is -2.21. The smallest absolute Gasteiger partial charge is 0.243 e. The van der Waals surface area contributed by atoms with Crippen LogP contribution in [-0.2, 0) is 10.0 Å². The summed E-state index contributed by atoms with van der Waals surface area (Å²) in [5.41, 5.74) is 1.27. The minimum Gasteiger partial charge on any atom is -0.457 e. The summed E-state index contributed by atoms with van der Waals surface area (Å²) in [4.78, 5) is 0.239. The molecule has 0 N–H and O–H groups in total. The zero-order valence-corrected chi connectivity index (χ0v) is 13.6. The minimum atomic E-state index is -3.50. The van der Waals surface area contributed by atoms with Gasteiger partial charge in [0.05, 0.1) is 4.90 Å². The number of rotatable bonds is 2. The van der Waals surface area contributed by atoms with Crippen LogP contribution in [0, 0.1) is 18.6 Å². The van der Waals surface area contributed by atoms with E-state index in [9.17, 15) is 17.2 Å². The molecule has 2 aromatic rings. The third-order valence-corrected chi connectivity index (χ3v) is 6.10. The predicted octanol–water partition coefficient (Wildman–Crippen LogP) is 3.76. The highest BCUT2D eigenvalue weighted by atomic mass is 32.2. The fourth-order valence-electron chi connectivity index (χ4n) is 2.80. The second-order valence-electron chi connectivity index (χ2n) is 5.50. The molecule has 0 amide bonds. The van der Waals surface area contributed by atoms with E-state index in [4.69, 9.17) is 4.74 Å². The number of ether oxygens (including phenoxy) is 1. The normalized spacial score (nSPS) is 19.6. The van der Waals surface area contributed by atoms with Crippen molar-refractivity contribution in [2.75, 3.05) is 7.05 Å². The number of hydrogen-bond acceptors (Lipinski definition) is 3. The van der Waals surface area contributed by atoms with E-state index < -0.39 is 21.7 Å². The molecule has 1 heterocycles. The maximum absolute atomic E-state index is 13.3. The number of hydrogen-bond donors (Lipinski definition) is 0. The molecule has 2 aromatic carbocycles. The number of halogens is 2. The maximum Gasteiger partial charge on any atom is 0.243 e. The van der Waals surface area contributed by atoms with E-state index >= 15 is 0 Å². The van der Waals surface area contributed by atoms with Gasteiger partial charge in [-0.05, 0) is 37.1 Å². The molecule has 122 valence electrons. The van der Waals surface area contributed by atoms with Crippen LogP contribution in [0.5, 0.6) is 11.5 Å². The highest BCUT2D eigenvalue weighted by Gasteiger charge is 2.39. The Bertz CT molecular complexity index is 876. The zero-order valence-electron chi connectivity index (χ0n) is 12.8. The molecule has 4 nitrogen and oxygen atoms in total. The maximum atomic E-state index is 13.3. The molecule has 0 saturated carbocycles. The van der Waals surface area contributed by atoms with Crippen molar-refractivity contribution in [3.63, 3.8) is 0 Å². The summed E-state index contributed by atoms with van der Waals surface area (Å²) in [7, 11) is -1.99. The lowest BCUT2D eigenvalue weighted by Gasteiger charge is -2.15. The molecule has 0 aliphatic carbocycles. The van der Waals surface area contributed by atoms with Gasteiger partial charge < -0.3 is 4.74 Å². The first-order valence-corrected chi connectivity index (χ1v) is 8.41. The van der Waals surface area contributed by atoms with Crippen molar-refractivity contribution in [3.05, 3.63) is 53.1 Å². The standard InChI is InChI=1S/C16H15F2NO3S/c1-9-14(22-13-7-11(17)6-12(18)8-13)4-5-15-16(9)10(2)19(3)23(15,20)21/h4-8,10H,1-3H3. The zero-order chi connectivity index (χ0) is 16.9. The van der Waals surface area contributed by atoms with Crippen LogP contribution >= 0.6 is 0 Å². The van der Waals surface area contributed by atoms with E-state index in [1.54, 1.807) is 13.8 Å². The van der Waals surface area contributed by atoms with Crippen molar-refractivity contribution in [1.29, 1.82) is 0 Å². The molecule has 1 aliphatic rings. The van der Waals surface area contributed by atoms with Crippen molar-refractivity contribution in [3.8, 4) is 11.5 Å². The first-order chi connectivity index (χ1) is 10.7. The number of sulfonamides is 1. The summed E-state index contributed by atoms with van der Waals surface area (Å²) in [6.45, 7) is 3.51. The summed E-state index contributed by atoms with van der Waals surface area (Å²) in [5.74, 6) is -1.09. The quantitative estimate of drug-likeness (QED) is 0.837. The van der Waals surface area contributed by atoms with E-state index in [1.165, 1.54) is 23.5 Å². The van der Waals surface area contributed by atoms with E-state index in [0.717, 1.165) is 18.2 Å². The first kappa shape index (κ1) is 15.9. The molecule has 1 aliphatic heterocycles. The highest BCUT2D eigenvalue weighted by molar-refractivity contribution is 7.89. The highest BCUT2D eigenvalue weighted by Crippen LogP contribution is 2.43. The fraction of sp³-hybridized carbons (Fsp3) is 0.250. The second-order valence-corrected chi connectivity index (χ2v) is 7.47. The predicted molar refractivity (Wildman–Crippen MR) is 81.0 cm³/mol. The van der Waals surface area contributed by atoms with Crippen LogP contribution in [-0.4, -0.2) is 19.8 Å². The largest absolute Gasteiger partial charge is 0.457 e. The lowest BCUT2D eigenvalue weighted by molar-refractivity contribution is 0.416. The number of nitrogens with zero attached hydrogens (tertiary/aromatic N) is 1. The van der Waals surface area contributed by atoms with Crippen LogP contribution in [0.4, 0.5) is 8.78 Å². The Morgan fingerprint density at radius 3 is 2.35 bits per heavy atom. The van der Waals surface area contributed by atoms with Gasteiger partial charge in [-0.2, -0.15) is 4.31 Å². The Morgan fingerprint density at radius 1 is 1.13 bits per heavy atom. The SMILES string of the molecule is Cc1c(Oc2cc(F)cc(F)c2)ccc2c1C(C)N(C)S2(=O)=O. The molecular weight excluding hydrogens is 324 g/mol. The van der Waals surface area contributed by atoms with Crippen LogP contribution in [0.2, 0.25) is 0 Å². The van der Waals surface area contributed by atoms with Crippen molar-refractivity contribution < 1.29 is 21.9 Å². The van der Waals surface area contributed by atoms with E-state index in [1.807, 2.05) is 0 Å². The molecule has 0 saturated heterocycles. The molecule has 1 unspecified atom stereocenters. The average Bonchev–Trinajstić information content (AvgIpc) is 2.62. The van der Waals surface area contributed by atoms with Crippen molar-refractivity contribution >= 4 is 10.0 Å². The van der Waals surface area contributed by atoms with E-state index in [-0.39, 0.29) is 16.7 Å². The van der Waals surface area contributed by atoms with Gasteiger partial charge in [0.15, 0.2) is 0 Å². The summed E-state index contributed by atoms with van der Waals surface area (Å²) in [5, 5.41) is 0. The Kier molecular flexibility index (Phi) is 3.65. The lowest BCUT2D eigenvalue weighted by atomic mass is 10.0. The van der Waals surface area contributed by atoms with Gasteiger partial charge in [0.25, 0.3) is 0 Å². The second kappa shape index (κ2) is 5.28. The van der Waals surface area contributed by atoms with E-state index in [0.29, 0.717) is 16.9 Å².